The summed E-state index contributed by atoms with van der Waals surface area (Å²) in [6, 6.07) is 16.3. The van der Waals surface area contributed by atoms with E-state index in [0.717, 1.165) is 21.9 Å². The van der Waals surface area contributed by atoms with Crippen LogP contribution in [0.5, 0.6) is 5.88 Å². The number of sulfonamides is 1. The van der Waals surface area contributed by atoms with Crippen LogP contribution in [0.4, 0.5) is 11.4 Å². The summed E-state index contributed by atoms with van der Waals surface area (Å²) >= 11 is 0. The van der Waals surface area contributed by atoms with Crippen LogP contribution in [-0.2, 0) is 10.0 Å². The Morgan fingerprint density at radius 3 is 2.59 bits per heavy atom. The highest BCUT2D eigenvalue weighted by atomic mass is 32.2. The van der Waals surface area contributed by atoms with Gasteiger partial charge in [-0.3, -0.25) is 9.71 Å². The molecule has 0 radical (unpaired) electrons. The van der Waals surface area contributed by atoms with Crippen LogP contribution in [0.15, 0.2) is 95.3 Å². The molecule has 0 saturated heterocycles. The van der Waals surface area contributed by atoms with E-state index in [1.807, 2.05) is 43.3 Å². The lowest BCUT2D eigenvalue weighted by atomic mass is 10.1. The van der Waals surface area contributed by atoms with E-state index in [-0.39, 0.29) is 16.7 Å². The highest BCUT2D eigenvalue weighted by Crippen LogP contribution is 2.32. The summed E-state index contributed by atoms with van der Waals surface area (Å²) in [5, 5.41) is 4.60. The van der Waals surface area contributed by atoms with Crippen molar-refractivity contribution in [1.82, 2.24) is 15.0 Å². The molecule has 2 aromatic carbocycles. The lowest BCUT2D eigenvalue weighted by molar-refractivity contribution is 0.385. The molecule has 0 unspecified atom stereocenters. The second-order valence-corrected chi connectivity index (χ2v) is 9.85. The standard InChI is InChI=1S/C27H23N5O4S/c1-17-13-28-14-20-10-7-11-22(25(17)20)32-37(33,34)24-12-21(15-29-27(24)35-3)31-18(2)26-30-16-23(36-26)19-8-5-4-6-9-19/h4-16,31-32H,2H2,1,3H3. The zero-order valence-corrected chi connectivity index (χ0v) is 20.9. The minimum absolute atomic E-state index is 0.0511. The van der Waals surface area contributed by atoms with Crippen LogP contribution in [0.1, 0.15) is 11.5 Å². The molecule has 0 aliphatic carbocycles. The van der Waals surface area contributed by atoms with E-state index in [2.05, 4.69) is 31.6 Å². The summed E-state index contributed by atoms with van der Waals surface area (Å²) < 4.78 is 40.7. The third kappa shape index (κ3) is 4.87. The highest BCUT2D eigenvalue weighted by molar-refractivity contribution is 7.92. The third-order valence-electron chi connectivity index (χ3n) is 5.64. The first kappa shape index (κ1) is 24.0. The predicted octanol–water partition coefficient (Wildman–Crippen LogP) is 5.49. The molecule has 0 spiro atoms. The van der Waals surface area contributed by atoms with Crippen LogP contribution in [-0.4, -0.2) is 30.5 Å². The van der Waals surface area contributed by atoms with Gasteiger partial charge in [0, 0.05) is 28.7 Å². The molecule has 10 heteroatoms. The van der Waals surface area contributed by atoms with Gasteiger partial charge in [0.05, 0.1) is 36.6 Å². The maximum Gasteiger partial charge on any atom is 0.267 e. The normalized spacial score (nSPS) is 11.3. The molecule has 5 rings (SSSR count). The number of hydrogen-bond acceptors (Lipinski definition) is 8. The lowest BCUT2D eigenvalue weighted by Crippen LogP contribution is -2.15. The van der Waals surface area contributed by atoms with Crippen molar-refractivity contribution in [3.05, 3.63) is 97.4 Å². The van der Waals surface area contributed by atoms with E-state index in [0.29, 0.717) is 22.8 Å². The van der Waals surface area contributed by atoms with Crippen molar-refractivity contribution in [2.45, 2.75) is 11.8 Å². The molecule has 0 amide bonds. The molecule has 0 bridgehead atoms. The Bertz CT molecular complexity index is 1710. The van der Waals surface area contributed by atoms with Crippen molar-refractivity contribution in [3.8, 4) is 17.2 Å². The Morgan fingerprint density at radius 1 is 1.00 bits per heavy atom. The largest absolute Gasteiger partial charge is 0.480 e. The number of nitrogens with one attached hydrogen (secondary N) is 2. The Kier molecular flexibility index (Phi) is 6.33. The number of pyridine rings is 2. The van der Waals surface area contributed by atoms with Gasteiger partial charge in [-0.25, -0.2) is 18.4 Å². The molecule has 0 saturated carbocycles. The Balaban J connectivity index is 1.43. The molecule has 3 aromatic heterocycles. The van der Waals surface area contributed by atoms with Gasteiger partial charge in [0.15, 0.2) is 10.7 Å². The number of ether oxygens (including phenoxy) is 1. The summed E-state index contributed by atoms with van der Waals surface area (Å²) in [5.74, 6) is 0.793. The number of fused-ring (bicyclic) bond motifs is 1. The monoisotopic (exact) mass is 513 g/mol. The van der Waals surface area contributed by atoms with Crippen LogP contribution < -0.4 is 14.8 Å². The highest BCUT2D eigenvalue weighted by Gasteiger charge is 2.23. The number of aromatic nitrogens is 3. The first-order valence-corrected chi connectivity index (χ1v) is 12.7. The zero-order valence-electron chi connectivity index (χ0n) is 20.1. The Labute approximate surface area is 213 Å². The Hall–Kier alpha value is -4.70. The molecule has 0 aliphatic heterocycles. The number of methoxy groups -OCH3 is 1. The number of aryl methyl sites for hydroxylation is 1. The van der Waals surface area contributed by atoms with Crippen LogP contribution in [0.25, 0.3) is 27.8 Å². The van der Waals surface area contributed by atoms with Gasteiger partial charge >= 0.3 is 0 Å². The number of anilines is 2. The first-order valence-electron chi connectivity index (χ1n) is 11.2. The average Bonchev–Trinajstić information content (AvgIpc) is 3.40. The molecule has 2 N–H and O–H groups in total. The average molecular weight is 514 g/mol. The van der Waals surface area contributed by atoms with Crippen molar-refractivity contribution < 1.29 is 17.6 Å². The summed E-state index contributed by atoms with van der Waals surface area (Å²) in [6.07, 6.45) is 6.41. The molecule has 0 atom stereocenters. The van der Waals surface area contributed by atoms with Crippen LogP contribution in [0.2, 0.25) is 0 Å². The van der Waals surface area contributed by atoms with Crippen LogP contribution >= 0.6 is 0 Å². The molecular formula is C27H23N5O4S. The molecule has 3 heterocycles. The van der Waals surface area contributed by atoms with E-state index in [4.69, 9.17) is 9.15 Å². The molecule has 0 fully saturated rings. The fourth-order valence-electron chi connectivity index (χ4n) is 3.92. The quantitative estimate of drug-likeness (QED) is 0.280. The molecule has 9 nitrogen and oxygen atoms in total. The summed E-state index contributed by atoms with van der Waals surface area (Å²) in [4.78, 5) is 12.5. The van der Waals surface area contributed by atoms with Crippen LogP contribution in [0, 0.1) is 6.92 Å². The van der Waals surface area contributed by atoms with E-state index < -0.39 is 10.0 Å². The van der Waals surface area contributed by atoms with Crippen molar-refractivity contribution in [1.29, 1.82) is 0 Å². The van der Waals surface area contributed by atoms with E-state index in [1.165, 1.54) is 19.4 Å². The SMILES string of the molecule is C=C(Nc1cnc(OC)c(S(=O)(=O)Nc2cccc3cncc(C)c23)c1)c1ncc(-c2ccccc2)o1. The smallest absolute Gasteiger partial charge is 0.267 e. The van der Waals surface area contributed by atoms with E-state index in [9.17, 15) is 8.42 Å². The molecule has 5 aromatic rings. The van der Waals surface area contributed by atoms with Crippen molar-refractivity contribution in [3.63, 3.8) is 0 Å². The molecule has 37 heavy (non-hydrogen) atoms. The summed E-state index contributed by atoms with van der Waals surface area (Å²) in [7, 11) is -2.73. The number of nitrogens with zero attached hydrogens (tertiary/aromatic N) is 3. The van der Waals surface area contributed by atoms with Gasteiger partial charge < -0.3 is 14.5 Å². The minimum atomic E-state index is -4.09. The Morgan fingerprint density at radius 2 is 1.81 bits per heavy atom. The number of benzene rings is 2. The topological polar surface area (TPSA) is 119 Å². The van der Waals surface area contributed by atoms with Crippen molar-refractivity contribution in [2.24, 2.45) is 0 Å². The summed E-state index contributed by atoms with van der Waals surface area (Å²) in [6.45, 7) is 5.85. The molecule has 186 valence electrons. The van der Waals surface area contributed by atoms with E-state index >= 15 is 0 Å². The van der Waals surface area contributed by atoms with Gasteiger partial charge in [-0.05, 0) is 24.6 Å². The van der Waals surface area contributed by atoms with Crippen molar-refractivity contribution in [2.75, 3.05) is 17.1 Å². The maximum absolute atomic E-state index is 13.5. The lowest BCUT2D eigenvalue weighted by Gasteiger charge is -2.15. The fraction of sp³-hybridized carbons (Fsp3) is 0.0741. The van der Waals surface area contributed by atoms with Gasteiger partial charge in [-0.15, -0.1) is 0 Å². The maximum atomic E-state index is 13.5. The number of rotatable bonds is 8. The predicted molar refractivity (Wildman–Crippen MR) is 143 cm³/mol. The zero-order chi connectivity index (χ0) is 26.0. The number of hydrogen-bond donors (Lipinski definition) is 2. The number of oxazole rings is 1. The molecule has 0 aliphatic rings. The molecular weight excluding hydrogens is 490 g/mol. The van der Waals surface area contributed by atoms with Gasteiger partial charge in [0.25, 0.3) is 10.0 Å². The van der Waals surface area contributed by atoms with Gasteiger partial charge in [-0.2, -0.15) is 0 Å². The van der Waals surface area contributed by atoms with Crippen molar-refractivity contribution >= 4 is 37.9 Å². The van der Waals surface area contributed by atoms with E-state index in [1.54, 1.807) is 30.7 Å². The summed E-state index contributed by atoms with van der Waals surface area (Å²) in [5.41, 5.74) is 2.84. The second kappa shape index (κ2) is 9.75. The minimum Gasteiger partial charge on any atom is -0.480 e. The van der Waals surface area contributed by atoms with Gasteiger partial charge in [0.1, 0.15) is 0 Å². The van der Waals surface area contributed by atoms with Gasteiger partial charge in [-0.1, -0.05) is 49.0 Å². The third-order valence-corrected chi connectivity index (χ3v) is 7.00. The van der Waals surface area contributed by atoms with Gasteiger partial charge in [0.2, 0.25) is 11.8 Å². The second-order valence-electron chi connectivity index (χ2n) is 8.20. The fourth-order valence-corrected chi connectivity index (χ4v) is 5.14. The first-order chi connectivity index (χ1) is 17.9. The van der Waals surface area contributed by atoms with Crippen LogP contribution in [0.3, 0.4) is 0 Å².